The standard InChI is InChI=1S/C14H15ClN2O2/c1-10(8-16)9-17(2)13-5-4-12(15)7-11(13)3-6-14(18)19/h3-7,10H,9H2,1-2H3,(H,18,19)/b6-3+. The Morgan fingerprint density at radius 2 is 2.32 bits per heavy atom. The third kappa shape index (κ3) is 4.65. The van der Waals surface area contributed by atoms with E-state index in [0.29, 0.717) is 17.1 Å². The molecule has 0 saturated heterocycles. The number of rotatable bonds is 5. The Labute approximate surface area is 117 Å². The van der Waals surface area contributed by atoms with Gasteiger partial charge < -0.3 is 10.0 Å². The minimum Gasteiger partial charge on any atom is -0.478 e. The quantitative estimate of drug-likeness (QED) is 0.841. The van der Waals surface area contributed by atoms with Gasteiger partial charge >= 0.3 is 5.97 Å². The van der Waals surface area contributed by atoms with E-state index in [1.165, 1.54) is 6.08 Å². The lowest BCUT2D eigenvalue weighted by Crippen LogP contribution is -2.23. The zero-order chi connectivity index (χ0) is 14.4. The average molecular weight is 279 g/mol. The molecule has 1 atom stereocenters. The third-order valence-corrected chi connectivity index (χ3v) is 2.81. The number of hydrogen-bond acceptors (Lipinski definition) is 3. The monoisotopic (exact) mass is 278 g/mol. The molecule has 19 heavy (non-hydrogen) atoms. The highest BCUT2D eigenvalue weighted by Gasteiger charge is 2.10. The predicted octanol–water partition coefficient (Wildman–Crippen LogP) is 3.03. The van der Waals surface area contributed by atoms with Crippen LogP contribution in [0.15, 0.2) is 24.3 Å². The van der Waals surface area contributed by atoms with E-state index in [0.717, 1.165) is 11.8 Å². The van der Waals surface area contributed by atoms with Gasteiger partial charge in [-0.05, 0) is 36.8 Å². The van der Waals surface area contributed by atoms with Gasteiger partial charge in [-0.2, -0.15) is 5.26 Å². The molecule has 0 aliphatic heterocycles. The van der Waals surface area contributed by atoms with Gasteiger partial charge in [-0.3, -0.25) is 0 Å². The summed E-state index contributed by atoms with van der Waals surface area (Å²) in [5.74, 6) is -1.13. The van der Waals surface area contributed by atoms with Crippen molar-refractivity contribution in [2.45, 2.75) is 6.92 Å². The van der Waals surface area contributed by atoms with E-state index in [2.05, 4.69) is 6.07 Å². The Morgan fingerprint density at radius 3 is 2.89 bits per heavy atom. The number of nitrogens with zero attached hydrogens (tertiary/aromatic N) is 2. The zero-order valence-corrected chi connectivity index (χ0v) is 11.6. The van der Waals surface area contributed by atoms with Crippen molar-refractivity contribution >= 4 is 29.3 Å². The van der Waals surface area contributed by atoms with Crippen molar-refractivity contribution in [1.29, 1.82) is 5.26 Å². The molecule has 100 valence electrons. The molecule has 0 bridgehead atoms. The number of halogens is 1. The molecule has 1 rings (SSSR count). The van der Waals surface area contributed by atoms with Gasteiger partial charge in [-0.15, -0.1) is 0 Å². The van der Waals surface area contributed by atoms with Crippen LogP contribution in [0.3, 0.4) is 0 Å². The Kier molecular flexibility index (Phi) is 5.40. The highest BCUT2D eigenvalue weighted by molar-refractivity contribution is 6.30. The lowest BCUT2D eigenvalue weighted by Gasteiger charge is -2.22. The van der Waals surface area contributed by atoms with Crippen molar-refractivity contribution in [2.75, 3.05) is 18.5 Å². The first-order chi connectivity index (χ1) is 8.93. The van der Waals surface area contributed by atoms with Crippen LogP contribution in [-0.4, -0.2) is 24.7 Å². The van der Waals surface area contributed by atoms with E-state index in [9.17, 15) is 4.79 Å². The van der Waals surface area contributed by atoms with E-state index in [1.54, 1.807) is 12.1 Å². The minimum atomic E-state index is -1.01. The Hall–Kier alpha value is -1.99. The topological polar surface area (TPSA) is 64.3 Å². The fourth-order valence-corrected chi connectivity index (χ4v) is 1.90. The van der Waals surface area contributed by atoms with Crippen LogP contribution in [0.1, 0.15) is 12.5 Å². The summed E-state index contributed by atoms with van der Waals surface area (Å²) >= 11 is 5.92. The fraction of sp³-hybridized carbons (Fsp3) is 0.286. The summed E-state index contributed by atoms with van der Waals surface area (Å²) in [6, 6.07) is 7.42. The summed E-state index contributed by atoms with van der Waals surface area (Å²) in [5, 5.41) is 18.0. The first-order valence-corrected chi connectivity index (χ1v) is 6.13. The van der Waals surface area contributed by atoms with Crippen molar-refractivity contribution < 1.29 is 9.90 Å². The summed E-state index contributed by atoms with van der Waals surface area (Å²) in [6.07, 6.45) is 2.56. The number of carboxylic acids is 1. The molecule has 0 fully saturated rings. The summed E-state index contributed by atoms with van der Waals surface area (Å²) in [5.41, 5.74) is 1.55. The summed E-state index contributed by atoms with van der Waals surface area (Å²) < 4.78 is 0. The van der Waals surface area contributed by atoms with E-state index >= 15 is 0 Å². The number of anilines is 1. The third-order valence-electron chi connectivity index (χ3n) is 2.57. The number of benzene rings is 1. The lowest BCUT2D eigenvalue weighted by molar-refractivity contribution is -0.131. The van der Waals surface area contributed by atoms with Gasteiger partial charge in [0, 0.05) is 30.4 Å². The van der Waals surface area contributed by atoms with Crippen LogP contribution in [0.5, 0.6) is 0 Å². The van der Waals surface area contributed by atoms with Crippen molar-refractivity contribution in [3.05, 3.63) is 34.9 Å². The van der Waals surface area contributed by atoms with E-state index < -0.39 is 5.97 Å². The van der Waals surface area contributed by atoms with Crippen LogP contribution < -0.4 is 4.90 Å². The van der Waals surface area contributed by atoms with E-state index in [4.69, 9.17) is 22.0 Å². The van der Waals surface area contributed by atoms with Crippen LogP contribution in [-0.2, 0) is 4.79 Å². The molecule has 1 aromatic rings. The molecule has 0 aliphatic carbocycles. The van der Waals surface area contributed by atoms with Crippen molar-refractivity contribution in [3.8, 4) is 6.07 Å². The van der Waals surface area contributed by atoms with Crippen molar-refractivity contribution in [3.63, 3.8) is 0 Å². The largest absolute Gasteiger partial charge is 0.478 e. The molecule has 0 heterocycles. The highest BCUT2D eigenvalue weighted by atomic mass is 35.5. The molecule has 1 aromatic carbocycles. The second kappa shape index (κ2) is 6.81. The van der Waals surface area contributed by atoms with Crippen LogP contribution >= 0.6 is 11.6 Å². The summed E-state index contributed by atoms with van der Waals surface area (Å²) in [7, 11) is 1.86. The molecule has 0 radical (unpaired) electrons. The predicted molar refractivity (Wildman–Crippen MR) is 76.2 cm³/mol. The maximum atomic E-state index is 10.6. The van der Waals surface area contributed by atoms with Gasteiger partial charge in [0.15, 0.2) is 0 Å². The number of carbonyl (C=O) groups is 1. The lowest BCUT2D eigenvalue weighted by atomic mass is 10.1. The van der Waals surface area contributed by atoms with E-state index in [1.807, 2.05) is 24.9 Å². The van der Waals surface area contributed by atoms with Gasteiger partial charge in [-0.1, -0.05) is 11.6 Å². The van der Waals surface area contributed by atoms with Gasteiger partial charge in [0.1, 0.15) is 0 Å². The second-order valence-corrected chi connectivity index (χ2v) is 4.72. The van der Waals surface area contributed by atoms with Crippen LogP contribution in [0, 0.1) is 17.2 Å². The second-order valence-electron chi connectivity index (χ2n) is 4.29. The minimum absolute atomic E-state index is 0.114. The van der Waals surface area contributed by atoms with Crippen LogP contribution in [0.25, 0.3) is 6.08 Å². The molecule has 0 spiro atoms. The Balaban J connectivity index is 3.06. The molecule has 5 heteroatoms. The van der Waals surface area contributed by atoms with Crippen molar-refractivity contribution in [2.24, 2.45) is 5.92 Å². The zero-order valence-electron chi connectivity index (χ0n) is 10.8. The highest BCUT2D eigenvalue weighted by Crippen LogP contribution is 2.25. The number of nitriles is 1. The van der Waals surface area contributed by atoms with Gasteiger partial charge in [0.05, 0.1) is 12.0 Å². The summed E-state index contributed by atoms with van der Waals surface area (Å²) in [6.45, 7) is 2.39. The van der Waals surface area contributed by atoms with Crippen molar-refractivity contribution in [1.82, 2.24) is 0 Å². The fourth-order valence-electron chi connectivity index (χ4n) is 1.72. The molecule has 0 aromatic heterocycles. The SMILES string of the molecule is CC(C#N)CN(C)c1ccc(Cl)cc1/C=C/C(=O)O. The molecule has 0 aliphatic rings. The van der Waals surface area contributed by atoms with Gasteiger partial charge in [0.25, 0.3) is 0 Å². The average Bonchev–Trinajstić information content (AvgIpc) is 2.36. The first-order valence-electron chi connectivity index (χ1n) is 5.75. The smallest absolute Gasteiger partial charge is 0.328 e. The number of carboxylic acid groups (broad SMARTS) is 1. The van der Waals surface area contributed by atoms with E-state index in [-0.39, 0.29) is 5.92 Å². The number of hydrogen-bond donors (Lipinski definition) is 1. The molecular formula is C14H15ClN2O2. The maximum absolute atomic E-state index is 10.6. The first kappa shape index (κ1) is 15.1. The molecular weight excluding hydrogens is 264 g/mol. The Morgan fingerprint density at radius 1 is 1.63 bits per heavy atom. The molecule has 1 N–H and O–H groups in total. The van der Waals surface area contributed by atoms with Gasteiger partial charge in [0.2, 0.25) is 0 Å². The molecule has 4 nitrogen and oxygen atoms in total. The summed E-state index contributed by atoms with van der Waals surface area (Å²) in [4.78, 5) is 12.5. The molecule has 1 unspecified atom stereocenters. The molecule has 0 saturated carbocycles. The number of aliphatic carboxylic acids is 1. The van der Waals surface area contributed by atoms with Crippen LogP contribution in [0.2, 0.25) is 5.02 Å². The van der Waals surface area contributed by atoms with Crippen LogP contribution in [0.4, 0.5) is 5.69 Å². The Bertz CT molecular complexity index is 535. The normalized spacial score (nSPS) is 12.1. The van der Waals surface area contributed by atoms with Gasteiger partial charge in [-0.25, -0.2) is 4.79 Å². The molecule has 0 amide bonds. The maximum Gasteiger partial charge on any atom is 0.328 e.